The van der Waals surface area contributed by atoms with Crippen LogP contribution in [0, 0.1) is 5.92 Å². The fourth-order valence-electron chi connectivity index (χ4n) is 3.42. The lowest BCUT2D eigenvalue weighted by Gasteiger charge is -2.28. The minimum Gasteiger partial charge on any atom is -0.480 e. The van der Waals surface area contributed by atoms with E-state index in [2.05, 4.69) is 5.32 Å². The number of rotatable bonds is 10. The van der Waals surface area contributed by atoms with Crippen LogP contribution in [0.1, 0.15) is 32.3 Å². The normalized spacial score (nSPS) is 16.6. The summed E-state index contributed by atoms with van der Waals surface area (Å²) >= 11 is 0. The molecule has 2 atom stereocenters. The van der Waals surface area contributed by atoms with Crippen LogP contribution in [0.2, 0.25) is 0 Å². The van der Waals surface area contributed by atoms with Gasteiger partial charge in [-0.05, 0) is 24.3 Å². The number of carboxylic acids is 1. The predicted molar refractivity (Wildman–Crippen MR) is 114 cm³/mol. The Kier molecular flexibility index (Phi) is 9.04. The average molecular weight is 483 g/mol. The first-order valence-electron chi connectivity index (χ1n) is 10.6. The van der Waals surface area contributed by atoms with E-state index >= 15 is 0 Å². The number of ketones is 1. The van der Waals surface area contributed by atoms with Crippen LogP contribution in [0.3, 0.4) is 0 Å². The minimum atomic E-state index is -4.57. The van der Waals surface area contributed by atoms with Crippen molar-refractivity contribution in [2.45, 2.75) is 51.3 Å². The summed E-state index contributed by atoms with van der Waals surface area (Å²) in [6.07, 6.45) is -0.0554. The van der Waals surface area contributed by atoms with E-state index in [-0.39, 0.29) is 19.6 Å². The van der Waals surface area contributed by atoms with E-state index in [4.69, 9.17) is 9.84 Å². The molecule has 0 spiro atoms. The largest absolute Gasteiger partial charge is 0.480 e. The van der Waals surface area contributed by atoms with Gasteiger partial charge in [0.1, 0.15) is 19.2 Å². The minimum absolute atomic E-state index is 0.0186. The van der Waals surface area contributed by atoms with Gasteiger partial charge in [-0.3, -0.25) is 24.1 Å². The summed E-state index contributed by atoms with van der Waals surface area (Å²) < 4.78 is 34.0. The smallest absolute Gasteiger partial charge is 0.410 e. The number of nitrogens with zero attached hydrogens (tertiary/aromatic N) is 1. The van der Waals surface area contributed by atoms with Gasteiger partial charge in [0, 0.05) is 6.54 Å². The third-order valence-electron chi connectivity index (χ3n) is 5.24. The lowest BCUT2D eigenvalue weighted by Crippen LogP contribution is -2.59. The Bertz CT molecular complexity index is 924. The van der Waals surface area contributed by atoms with Gasteiger partial charge < -0.3 is 20.5 Å². The summed E-state index contributed by atoms with van der Waals surface area (Å²) in [5, 5.41) is 12.2. The van der Waals surface area contributed by atoms with E-state index in [9.17, 15) is 32.8 Å². The zero-order chi connectivity index (χ0) is 25.5. The Morgan fingerprint density at radius 3 is 2.41 bits per heavy atom. The van der Waals surface area contributed by atoms with Gasteiger partial charge in [-0.2, -0.15) is 8.78 Å². The number of alkyl halides is 2. The fraction of sp³-hybridized carbons (Fsp3) is 0.500. The summed E-state index contributed by atoms with van der Waals surface area (Å²) in [5.41, 5.74) is 0.741. The van der Waals surface area contributed by atoms with Gasteiger partial charge in [0.2, 0.25) is 11.7 Å². The van der Waals surface area contributed by atoms with Gasteiger partial charge >= 0.3 is 18.0 Å². The molecule has 186 valence electrons. The summed E-state index contributed by atoms with van der Waals surface area (Å²) in [7, 11) is 0. The zero-order valence-electron chi connectivity index (χ0n) is 18.8. The van der Waals surface area contributed by atoms with Crippen molar-refractivity contribution in [3.63, 3.8) is 0 Å². The van der Waals surface area contributed by atoms with Crippen LogP contribution in [0.4, 0.5) is 13.6 Å². The monoisotopic (exact) mass is 483 g/mol. The zero-order valence-corrected chi connectivity index (χ0v) is 18.8. The molecule has 1 fully saturated rings. The number of halogens is 2. The molecule has 1 aliphatic rings. The molecule has 0 radical (unpaired) electrons. The molecule has 12 heteroatoms. The van der Waals surface area contributed by atoms with Crippen molar-refractivity contribution in [2.75, 3.05) is 13.1 Å². The number of benzene rings is 1. The molecule has 3 N–H and O–H groups in total. The highest BCUT2D eigenvalue weighted by molar-refractivity contribution is 6.11. The molecule has 1 saturated heterocycles. The highest BCUT2D eigenvalue weighted by atomic mass is 19.3. The second kappa shape index (κ2) is 11.5. The van der Waals surface area contributed by atoms with E-state index in [1.165, 1.54) is 19.2 Å². The number of hydrogen-bond acceptors (Lipinski definition) is 6. The number of carbonyl (C=O) groups is 5. The molecular formula is C22H27F2N3O7. The number of hydrogen-bond donors (Lipinski definition) is 3. The molecular weight excluding hydrogens is 456 g/mol. The second-order valence-electron chi connectivity index (χ2n) is 8.14. The van der Waals surface area contributed by atoms with Gasteiger partial charge in [0.15, 0.2) is 0 Å². The summed E-state index contributed by atoms with van der Waals surface area (Å²) in [6, 6.07) is 6.08. The van der Waals surface area contributed by atoms with E-state index in [1.54, 1.807) is 30.3 Å². The SMILES string of the molecule is CC(C)C(NC(=O)C1CCCN1C(=O)OCc1ccccc1)C(=O)C(F)(F)C(=O)NCC(=O)O. The number of nitrogens with one attached hydrogen (secondary N) is 2. The van der Waals surface area contributed by atoms with Crippen molar-refractivity contribution in [3.8, 4) is 0 Å². The molecule has 3 amide bonds. The van der Waals surface area contributed by atoms with Crippen molar-refractivity contribution in [1.82, 2.24) is 15.5 Å². The third-order valence-corrected chi connectivity index (χ3v) is 5.24. The lowest BCUT2D eigenvalue weighted by molar-refractivity contribution is -0.162. The van der Waals surface area contributed by atoms with E-state index in [1.807, 2.05) is 0 Å². The van der Waals surface area contributed by atoms with Gasteiger partial charge in [-0.25, -0.2) is 4.79 Å². The average Bonchev–Trinajstić information content (AvgIpc) is 3.29. The molecule has 0 saturated carbocycles. The third kappa shape index (κ3) is 6.72. The Balaban J connectivity index is 2.05. The van der Waals surface area contributed by atoms with E-state index in [0.29, 0.717) is 6.42 Å². The molecule has 34 heavy (non-hydrogen) atoms. The van der Waals surface area contributed by atoms with Gasteiger partial charge in [-0.15, -0.1) is 0 Å². The maximum absolute atomic E-state index is 14.4. The number of aliphatic carboxylic acids is 1. The lowest BCUT2D eigenvalue weighted by atomic mass is 9.95. The van der Waals surface area contributed by atoms with Crippen LogP contribution < -0.4 is 10.6 Å². The summed E-state index contributed by atoms with van der Waals surface area (Å²) in [5.74, 6) is -11.7. The highest BCUT2D eigenvalue weighted by Crippen LogP contribution is 2.23. The highest BCUT2D eigenvalue weighted by Gasteiger charge is 2.51. The van der Waals surface area contributed by atoms with Crippen LogP contribution in [-0.2, 0) is 30.5 Å². The first-order chi connectivity index (χ1) is 15.9. The first kappa shape index (κ1) is 26.7. The Morgan fingerprint density at radius 2 is 1.82 bits per heavy atom. The van der Waals surface area contributed by atoms with E-state index < -0.39 is 60.1 Å². The first-order valence-corrected chi connectivity index (χ1v) is 10.6. The molecule has 0 aliphatic carbocycles. The Labute approximate surface area is 194 Å². The number of carbonyl (C=O) groups excluding carboxylic acids is 4. The summed E-state index contributed by atoms with van der Waals surface area (Å²) in [6.45, 7) is 1.89. The molecule has 0 aromatic heterocycles. The van der Waals surface area contributed by atoms with Crippen molar-refractivity contribution in [3.05, 3.63) is 35.9 Å². The Hall–Kier alpha value is -3.57. The second-order valence-corrected chi connectivity index (χ2v) is 8.14. The summed E-state index contributed by atoms with van der Waals surface area (Å²) in [4.78, 5) is 61.1. The van der Waals surface area contributed by atoms with Crippen LogP contribution in [0.5, 0.6) is 0 Å². The topological polar surface area (TPSA) is 142 Å². The van der Waals surface area contributed by atoms with Gasteiger partial charge in [0.25, 0.3) is 5.91 Å². The van der Waals surface area contributed by atoms with Gasteiger partial charge in [-0.1, -0.05) is 44.2 Å². The van der Waals surface area contributed by atoms with Crippen LogP contribution in [-0.4, -0.2) is 70.8 Å². The maximum Gasteiger partial charge on any atom is 0.410 e. The van der Waals surface area contributed by atoms with Crippen molar-refractivity contribution < 1.29 is 42.6 Å². The number of likely N-dealkylation sites (tertiary alicyclic amines) is 1. The van der Waals surface area contributed by atoms with Crippen LogP contribution in [0.15, 0.2) is 30.3 Å². The van der Waals surface area contributed by atoms with Crippen molar-refractivity contribution in [2.24, 2.45) is 5.92 Å². The maximum atomic E-state index is 14.4. The quantitative estimate of drug-likeness (QED) is 0.426. The molecule has 1 aromatic rings. The fourth-order valence-corrected chi connectivity index (χ4v) is 3.42. The predicted octanol–water partition coefficient (Wildman–Crippen LogP) is 1.33. The number of carboxylic acid groups (broad SMARTS) is 1. The number of Topliss-reactive ketones (excluding diaryl/α,β-unsaturated/α-hetero) is 1. The van der Waals surface area contributed by atoms with Crippen molar-refractivity contribution in [1.29, 1.82) is 0 Å². The molecule has 1 aromatic carbocycles. The van der Waals surface area contributed by atoms with Gasteiger partial charge in [0.05, 0.1) is 6.04 Å². The van der Waals surface area contributed by atoms with Crippen LogP contribution in [0.25, 0.3) is 0 Å². The van der Waals surface area contributed by atoms with E-state index in [0.717, 1.165) is 10.5 Å². The molecule has 1 heterocycles. The molecule has 10 nitrogen and oxygen atoms in total. The molecule has 2 unspecified atom stereocenters. The molecule has 1 aliphatic heterocycles. The molecule has 2 rings (SSSR count). The molecule has 0 bridgehead atoms. The van der Waals surface area contributed by atoms with Crippen molar-refractivity contribution >= 4 is 29.7 Å². The number of ether oxygens (including phenoxy) is 1. The standard InChI is InChI=1S/C22H27F2N3O7/c1-13(2)17(18(30)22(23,24)20(32)25-11-16(28)29)26-19(31)15-9-6-10-27(15)21(33)34-12-14-7-4-3-5-8-14/h3-5,7-8,13,15,17H,6,9-12H2,1-2H3,(H,25,32)(H,26,31)(H,28,29). The van der Waals surface area contributed by atoms with Crippen LogP contribution >= 0.6 is 0 Å². The number of amides is 3. The Morgan fingerprint density at radius 1 is 1.18 bits per heavy atom.